The summed E-state index contributed by atoms with van der Waals surface area (Å²) in [6, 6.07) is 2.03. The van der Waals surface area contributed by atoms with E-state index in [2.05, 4.69) is 30.2 Å². The van der Waals surface area contributed by atoms with E-state index in [-0.39, 0.29) is 12.4 Å². The SMILES string of the molecule is Cl.Cn1cnc2cc(-c3nc(N4CC5CNCC5C4)nc4nc[nH]c34)cnc21. The molecule has 0 bridgehead atoms. The molecule has 0 aromatic carbocycles. The van der Waals surface area contributed by atoms with Gasteiger partial charge in [0, 0.05) is 45.0 Å². The Hall–Kier alpha value is -2.78. The van der Waals surface area contributed by atoms with Crippen LogP contribution in [0.3, 0.4) is 0 Å². The molecule has 2 atom stereocenters. The number of hydrogen-bond acceptors (Lipinski definition) is 7. The van der Waals surface area contributed by atoms with Crippen LogP contribution >= 0.6 is 12.4 Å². The number of rotatable bonds is 2. The van der Waals surface area contributed by atoms with Crippen molar-refractivity contribution in [3.63, 3.8) is 0 Å². The van der Waals surface area contributed by atoms with E-state index in [0.717, 1.165) is 60.1 Å². The third-order valence-electron chi connectivity index (χ3n) is 5.77. The highest BCUT2D eigenvalue weighted by Gasteiger charge is 2.37. The minimum Gasteiger partial charge on any atom is -0.341 e. The first-order valence-electron chi connectivity index (χ1n) is 9.20. The van der Waals surface area contributed by atoms with Gasteiger partial charge in [0.25, 0.3) is 0 Å². The summed E-state index contributed by atoms with van der Waals surface area (Å²) in [5.41, 5.74) is 4.96. The number of pyridine rings is 1. The minimum atomic E-state index is 0. The molecule has 2 saturated heterocycles. The van der Waals surface area contributed by atoms with Gasteiger partial charge in [-0.25, -0.2) is 19.9 Å². The van der Waals surface area contributed by atoms with Crippen LogP contribution in [0.4, 0.5) is 5.95 Å². The maximum Gasteiger partial charge on any atom is 0.228 e. The van der Waals surface area contributed by atoms with E-state index >= 15 is 0 Å². The van der Waals surface area contributed by atoms with Gasteiger partial charge in [-0.1, -0.05) is 0 Å². The molecule has 2 aliphatic heterocycles. The van der Waals surface area contributed by atoms with E-state index in [1.165, 1.54) is 0 Å². The number of hydrogen-bond donors (Lipinski definition) is 2. The standard InChI is InChI=1S/C18H19N9.ClH/c1-26-9-23-13-2-10(5-20-17(13)26)14-15-16(22-8-21-15)25-18(24-14)27-6-11-3-19-4-12(11)7-27;/h2,5,8-9,11-12,19H,3-4,6-7H2,1H3,(H,21,22,24,25);1H. The molecule has 0 amide bonds. The number of halogens is 1. The average Bonchev–Trinajstić information content (AvgIpc) is 3.44. The molecule has 2 fully saturated rings. The first kappa shape index (κ1) is 17.3. The fraction of sp³-hybridized carbons (Fsp3) is 0.389. The van der Waals surface area contributed by atoms with Crippen molar-refractivity contribution in [2.24, 2.45) is 18.9 Å². The van der Waals surface area contributed by atoms with Crippen molar-refractivity contribution in [3.05, 3.63) is 24.9 Å². The highest BCUT2D eigenvalue weighted by Crippen LogP contribution is 2.32. The molecule has 2 N–H and O–H groups in total. The zero-order valence-electron chi connectivity index (χ0n) is 15.3. The van der Waals surface area contributed by atoms with Gasteiger partial charge < -0.3 is 19.8 Å². The van der Waals surface area contributed by atoms with Crippen molar-refractivity contribution in [2.45, 2.75) is 0 Å². The third kappa shape index (κ3) is 2.54. The summed E-state index contributed by atoms with van der Waals surface area (Å²) in [6.45, 7) is 4.15. The molecule has 0 spiro atoms. The van der Waals surface area contributed by atoms with Crippen LogP contribution < -0.4 is 10.2 Å². The molecule has 9 nitrogen and oxygen atoms in total. The zero-order chi connectivity index (χ0) is 18.0. The van der Waals surface area contributed by atoms with Gasteiger partial charge >= 0.3 is 0 Å². The number of nitrogens with one attached hydrogen (secondary N) is 2. The summed E-state index contributed by atoms with van der Waals surface area (Å²) < 4.78 is 1.91. The Kier molecular flexibility index (Phi) is 3.95. The second kappa shape index (κ2) is 6.39. The molecule has 6 rings (SSSR count). The Bertz CT molecular complexity index is 1150. The largest absolute Gasteiger partial charge is 0.341 e. The van der Waals surface area contributed by atoms with E-state index < -0.39 is 0 Å². The predicted octanol–water partition coefficient (Wildman–Crippen LogP) is 1.38. The molecular formula is C18H20ClN9. The molecule has 4 aromatic heterocycles. The number of anilines is 1. The van der Waals surface area contributed by atoms with Crippen LogP contribution in [-0.2, 0) is 7.05 Å². The molecule has 4 aromatic rings. The molecule has 2 unspecified atom stereocenters. The number of aryl methyl sites for hydroxylation is 1. The fourth-order valence-corrected chi connectivity index (χ4v) is 4.34. The molecule has 144 valence electrons. The van der Waals surface area contributed by atoms with E-state index in [9.17, 15) is 0 Å². The number of aromatic nitrogens is 7. The molecule has 0 saturated carbocycles. The van der Waals surface area contributed by atoms with Crippen molar-refractivity contribution in [3.8, 4) is 11.3 Å². The quantitative estimate of drug-likeness (QED) is 0.527. The second-order valence-corrected chi connectivity index (χ2v) is 7.48. The van der Waals surface area contributed by atoms with Crippen LogP contribution in [0, 0.1) is 11.8 Å². The maximum atomic E-state index is 4.91. The predicted molar refractivity (Wildman–Crippen MR) is 108 cm³/mol. The summed E-state index contributed by atoms with van der Waals surface area (Å²) in [5, 5.41) is 3.48. The van der Waals surface area contributed by atoms with Crippen LogP contribution in [0.25, 0.3) is 33.6 Å². The first-order chi connectivity index (χ1) is 13.3. The van der Waals surface area contributed by atoms with Gasteiger partial charge in [-0.3, -0.25) is 0 Å². The van der Waals surface area contributed by atoms with E-state index in [1.54, 1.807) is 12.7 Å². The number of fused-ring (bicyclic) bond motifs is 3. The zero-order valence-corrected chi connectivity index (χ0v) is 16.1. The molecule has 10 heteroatoms. The van der Waals surface area contributed by atoms with Gasteiger partial charge in [-0.05, 0) is 17.9 Å². The fourth-order valence-electron chi connectivity index (χ4n) is 4.34. The van der Waals surface area contributed by atoms with Gasteiger partial charge in [0.1, 0.15) is 16.7 Å². The number of imidazole rings is 2. The van der Waals surface area contributed by atoms with Gasteiger partial charge in [0.05, 0.1) is 12.7 Å². The first-order valence-corrected chi connectivity index (χ1v) is 9.20. The number of aromatic amines is 1. The number of nitrogens with zero attached hydrogens (tertiary/aromatic N) is 7. The second-order valence-electron chi connectivity index (χ2n) is 7.48. The summed E-state index contributed by atoms with van der Waals surface area (Å²) in [6.07, 6.45) is 5.29. The van der Waals surface area contributed by atoms with E-state index in [1.807, 2.05) is 23.9 Å². The maximum absolute atomic E-state index is 4.91. The van der Waals surface area contributed by atoms with Crippen LogP contribution in [0.2, 0.25) is 0 Å². The van der Waals surface area contributed by atoms with E-state index in [4.69, 9.17) is 9.97 Å². The Morgan fingerprint density at radius 3 is 2.71 bits per heavy atom. The summed E-state index contributed by atoms with van der Waals surface area (Å²) in [5.74, 6) is 2.11. The number of H-pyrrole nitrogens is 1. The monoisotopic (exact) mass is 397 g/mol. The third-order valence-corrected chi connectivity index (χ3v) is 5.77. The minimum absolute atomic E-state index is 0. The van der Waals surface area contributed by atoms with Gasteiger partial charge in [-0.2, -0.15) is 4.98 Å². The van der Waals surface area contributed by atoms with Crippen LogP contribution in [0.15, 0.2) is 24.9 Å². The van der Waals surface area contributed by atoms with Crippen LogP contribution in [0.1, 0.15) is 0 Å². The Balaban J connectivity index is 0.00000171. The summed E-state index contributed by atoms with van der Waals surface area (Å²) >= 11 is 0. The van der Waals surface area contributed by atoms with Crippen LogP contribution in [0.5, 0.6) is 0 Å². The lowest BCUT2D eigenvalue weighted by molar-refractivity contribution is 0.533. The van der Waals surface area contributed by atoms with Crippen molar-refractivity contribution in [1.82, 2.24) is 39.8 Å². The molecule has 28 heavy (non-hydrogen) atoms. The molecular weight excluding hydrogens is 378 g/mol. The Morgan fingerprint density at radius 2 is 1.89 bits per heavy atom. The van der Waals surface area contributed by atoms with Crippen molar-refractivity contribution < 1.29 is 0 Å². The van der Waals surface area contributed by atoms with Gasteiger partial charge in [0.2, 0.25) is 5.95 Å². The topological polar surface area (TPSA) is 100 Å². The lowest BCUT2D eigenvalue weighted by Crippen LogP contribution is -2.27. The average molecular weight is 398 g/mol. The summed E-state index contributed by atoms with van der Waals surface area (Å²) in [4.78, 5) is 28.5. The Morgan fingerprint density at radius 1 is 1.07 bits per heavy atom. The molecule has 0 radical (unpaired) electrons. The lowest BCUT2D eigenvalue weighted by Gasteiger charge is -2.18. The van der Waals surface area contributed by atoms with Crippen molar-refractivity contribution in [2.75, 3.05) is 31.1 Å². The van der Waals surface area contributed by atoms with Crippen molar-refractivity contribution >= 4 is 40.7 Å². The molecule has 0 aliphatic carbocycles. The van der Waals surface area contributed by atoms with Gasteiger partial charge in [-0.15, -0.1) is 12.4 Å². The lowest BCUT2D eigenvalue weighted by atomic mass is 10.0. The van der Waals surface area contributed by atoms with Crippen LogP contribution in [-0.4, -0.2) is 60.6 Å². The highest BCUT2D eigenvalue weighted by molar-refractivity contribution is 5.90. The van der Waals surface area contributed by atoms with Gasteiger partial charge in [0.15, 0.2) is 11.3 Å². The normalized spacial score (nSPS) is 21.4. The Labute approximate surface area is 167 Å². The highest BCUT2D eigenvalue weighted by atomic mass is 35.5. The van der Waals surface area contributed by atoms with E-state index in [0.29, 0.717) is 17.5 Å². The smallest absolute Gasteiger partial charge is 0.228 e. The molecule has 6 heterocycles. The van der Waals surface area contributed by atoms with Crippen molar-refractivity contribution in [1.29, 1.82) is 0 Å². The summed E-state index contributed by atoms with van der Waals surface area (Å²) in [7, 11) is 1.94. The molecule has 2 aliphatic rings.